The van der Waals surface area contributed by atoms with E-state index in [2.05, 4.69) is 19.1 Å². The fraction of sp³-hybridized carbons (Fsp3) is 0.467. The first-order valence-corrected chi connectivity index (χ1v) is 13.2. The minimum atomic E-state index is -0.651. The standard InChI is InChI=1S/C30H38N2O4/c1-20-2-4-22(5-3-20)23-6-8-24(9-7-23)25-10-12-28(13-11-25)36-30(34)15-14-29(33)35-19-21-16-26(31)18-27(32)17-21/h10-18,20,22-24H,2-9,19,31-32H2,1H3/b15-14-. The lowest BCUT2D eigenvalue weighted by atomic mass is 9.68. The van der Waals surface area contributed by atoms with Gasteiger partial charge in [0.2, 0.25) is 0 Å². The first-order chi connectivity index (χ1) is 17.4. The zero-order valence-electron chi connectivity index (χ0n) is 21.2. The van der Waals surface area contributed by atoms with E-state index in [1.807, 2.05) is 12.1 Å². The Balaban J connectivity index is 1.20. The van der Waals surface area contributed by atoms with Crippen LogP contribution in [0.3, 0.4) is 0 Å². The lowest BCUT2D eigenvalue weighted by Crippen LogP contribution is -2.24. The molecule has 0 amide bonds. The van der Waals surface area contributed by atoms with Crippen molar-refractivity contribution in [1.29, 1.82) is 0 Å². The minimum Gasteiger partial charge on any atom is -0.458 e. The second-order valence-corrected chi connectivity index (χ2v) is 10.6. The number of carbonyl (C=O) groups is 2. The highest BCUT2D eigenvalue weighted by atomic mass is 16.5. The predicted octanol–water partition coefficient (Wildman–Crippen LogP) is 6.16. The molecule has 0 heterocycles. The molecule has 0 saturated heterocycles. The van der Waals surface area contributed by atoms with Gasteiger partial charge in [-0.3, -0.25) is 0 Å². The Bertz CT molecular complexity index is 1040. The zero-order chi connectivity index (χ0) is 25.5. The fourth-order valence-electron chi connectivity index (χ4n) is 5.81. The fourth-order valence-corrected chi connectivity index (χ4v) is 5.81. The quantitative estimate of drug-likeness (QED) is 0.209. The van der Waals surface area contributed by atoms with Crippen LogP contribution in [0.1, 0.15) is 75.3 Å². The summed E-state index contributed by atoms with van der Waals surface area (Å²) in [6, 6.07) is 12.8. The maximum atomic E-state index is 12.1. The van der Waals surface area contributed by atoms with Crippen LogP contribution in [0.15, 0.2) is 54.6 Å². The first-order valence-electron chi connectivity index (χ1n) is 13.2. The average Bonchev–Trinajstić information content (AvgIpc) is 2.87. The highest BCUT2D eigenvalue weighted by molar-refractivity contribution is 5.92. The van der Waals surface area contributed by atoms with Crippen molar-refractivity contribution in [3.8, 4) is 5.75 Å². The van der Waals surface area contributed by atoms with Gasteiger partial charge in [0.15, 0.2) is 0 Å². The average molecular weight is 491 g/mol. The number of esters is 2. The van der Waals surface area contributed by atoms with Gasteiger partial charge in [0.05, 0.1) is 0 Å². The second-order valence-electron chi connectivity index (χ2n) is 10.6. The molecule has 0 radical (unpaired) electrons. The van der Waals surface area contributed by atoms with E-state index in [9.17, 15) is 9.59 Å². The van der Waals surface area contributed by atoms with Gasteiger partial charge in [-0.2, -0.15) is 0 Å². The summed E-state index contributed by atoms with van der Waals surface area (Å²) in [5.41, 5.74) is 14.4. The van der Waals surface area contributed by atoms with E-state index in [1.165, 1.54) is 56.9 Å². The molecule has 2 aromatic rings. The Morgan fingerprint density at radius 3 is 1.97 bits per heavy atom. The van der Waals surface area contributed by atoms with Gasteiger partial charge in [-0.15, -0.1) is 0 Å². The molecule has 192 valence electrons. The Morgan fingerprint density at radius 1 is 0.806 bits per heavy atom. The van der Waals surface area contributed by atoms with Crippen molar-refractivity contribution in [2.45, 2.75) is 70.8 Å². The smallest absolute Gasteiger partial charge is 0.336 e. The van der Waals surface area contributed by atoms with E-state index in [0.29, 0.717) is 28.6 Å². The Hall–Kier alpha value is -3.28. The van der Waals surface area contributed by atoms with Crippen LogP contribution < -0.4 is 16.2 Å². The SMILES string of the molecule is CC1CCC(C2CCC(c3ccc(OC(=O)/C=C\C(=O)OCc4cc(N)cc(N)c4)cc3)CC2)CC1. The highest BCUT2D eigenvalue weighted by Gasteiger charge is 2.30. The lowest BCUT2D eigenvalue weighted by Gasteiger charge is -2.37. The van der Waals surface area contributed by atoms with Gasteiger partial charge in [0, 0.05) is 23.5 Å². The Morgan fingerprint density at radius 2 is 1.36 bits per heavy atom. The van der Waals surface area contributed by atoms with Gasteiger partial charge in [-0.25, -0.2) is 9.59 Å². The molecule has 6 nitrogen and oxygen atoms in total. The van der Waals surface area contributed by atoms with Gasteiger partial charge in [0.1, 0.15) is 12.4 Å². The van der Waals surface area contributed by atoms with Crippen LogP contribution in [-0.4, -0.2) is 11.9 Å². The molecule has 0 aliphatic heterocycles. The lowest BCUT2D eigenvalue weighted by molar-refractivity contribution is -0.139. The second kappa shape index (κ2) is 12.1. The summed E-state index contributed by atoms with van der Waals surface area (Å²) < 4.78 is 10.5. The molecule has 0 bridgehead atoms. The van der Waals surface area contributed by atoms with E-state index in [-0.39, 0.29) is 6.61 Å². The van der Waals surface area contributed by atoms with Gasteiger partial charge < -0.3 is 20.9 Å². The van der Waals surface area contributed by atoms with Crippen LogP contribution in [-0.2, 0) is 20.9 Å². The van der Waals surface area contributed by atoms with Crippen molar-refractivity contribution in [3.63, 3.8) is 0 Å². The summed E-state index contributed by atoms with van der Waals surface area (Å²) in [6.45, 7) is 2.40. The number of nitrogen functional groups attached to an aromatic ring is 2. The number of hydrogen-bond donors (Lipinski definition) is 2. The van der Waals surface area contributed by atoms with Crippen molar-refractivity contribution in [2.75, 3.05) is 11.5 Å². The molecule has 4 N–H and O–H groups in total. The van der Waals surface area contributed by atoms with E-state index < -0.39 is 11.9 Å². The number of hydrogen-bond acceptors (Lipinski definition) is 6. The third-order valence-electron chi connectivity index (χ3n) is 7.84. The third kappa shape index (κ3) is 7.36. The molecule has 36 heavy (non-hydrogen) atoms. The van der Waals surface area contributed by atoms with Crippen LogP contribution in [0.5, 0.6) is 5.75 Å². The molecule has 2 aromatic carbocycles. The number of anilines is 2. The number of rotatable bonds is 7. The van der Waals surface area contributed by atoms with Crippen molar-refractivity contribution >= 4 is 23.3 Å². The molecular formula is C30H38N2O4. The van der Waals surface area contributed by atoms with Gasteiger partial charge in [-0.05, 0) is 104 Å². The number of carbonyl (C=O) groups excluding carboxylic acids is 2. The molecule has 0 unspecified atom stereocenters. The van der Waals surface area contributed by atoms with Crippen LogP contribution in [0, 0.1) is 17.8 Å². The van der Waals surface area contributed by atoms with Crippen LogP contribution in [0.25, 0.3) is 0 Å². The Labute approximate surface area is 214 Å². The molecule has 6 heteroatoms. The monoisotopic (exact) mass is 490 g/mol. The minimum absolute atomic E-state index is 0.0106. The molecule has 2 fully saturated rings. The summed E-state index contributed by atoms with van der Waals surface area (Å²) in [5.74, 6) is 2.51. The molecule has 2 aliphatic rings. The summed E-state index contributed by atoms with van der Waals surface area (Å²) in [5, 5.41) is 0. The van der Waals surface area contributed by atoms with E-state index in [4.69, 9.17) is 20.9 Å². The normalized spacial score (nSPS) is 24.4. The van der Waals surface area contributed by atoms with Crippen molar-refractivity contribution in [3.05, 3.63) is 65.7 Å². The van der Waals surface area contributed by atoms with E-state index >= 15 is 0 Å². The molecule has 4 rings (SSSR count). The first kappa shape index (κ1) is 25.8. The molecule has 0 atom stereocenters. The molecule has 0 aromatic heterocycles. The summed E-state index contributed by atoms with van der Waals surface area (Å²) in [7, 11) is 0. The van der Waals surface area contributed by atoms with Crippen LogP contribution in [0.2, 0.25) is 0 Å². The summed E-state index contributed by atoms with van der Waals surface area (Å²) >= 11 is 0. The zero-order valence-corrected chi connectivity index (χ0v) is 21.2. The van der Waals surface area contributed by atoms with Crippen molar-refractivity contribution in [2.24, 2.45) is 17.8 Å². The van der Waals surface area contributed by atoms with Crippen LogP contribution >= 0.6 is 0 Å². The Kier molecular flexibility index (Phi) is 8.68. The molecule has 2 saturated carbocycles. The molecular weight excluding hydrogens is 452 g/mol. The topological polar surface area (TPSA) is 105 Å². The van der Waals surface area contributed by atoms with Crippen molar-refractivity contribution < 1.29 is 19.1 Å². The van der Waals surface area contributed by atoms with Gasteiger partial charge in [-0.1, -0.05) is 31.9 Å². The van der Waals surface area contributed by atoms with Gasteiger partial charge >= 0.3 is 11.9 Å². The third-order valence-corrected chi connectivity index (χ3v) is 7.84. The predicted molar refractivity (Wildman–Crippen MR) is 142 cm³/mol. The number of benzene rings is 2. The van der Waals surface area contributed by atoms with Crippen LogP contribution in [0.4, 0.5) is 11.4 Å². The highest BCUT2D eigenvalue weighted by Crippen LogP contribution is 2.43. The molecule has 0 spiro atoms. The van der Waals surface area contributed by atoms with E-state index in [0.717, 1.165) is 29.9 Å². The summed E-state index contributed by atoms with van der Waals surface area (Å²) in [6.07, 6.45) is 12.9. The maximum absolute atomic E-state index is 12.1. The van der Waals surface area contributed by atoms with E-state index in [1.54, 1.807) is 18.2 Å². The number of nitrogens with two attached hydrogens (primary N) is 2. The summed E-state index contributed by atoms with van der Waals surface area (Å²) in [4.78, 5) is 24.0. The largest absolute Gasteiger partial charge is 0.458 e. The number of ether oxygens (including phenoxy) is 2. The van der Waals surface area contributed by atoms with Gasteiger partial charge in [0.25, 0.3) is 0 Å². The maximum Gasteiger partial charge on any atom is 0.336 e. The molecule has 2 aliphatic carbocycles. The van der Waals surface area contributed by atoms with Crippen molar-refractivity contribution in [1.82, 2.24) is 0 Å².